The average molecular weight is 407 g/mol. The highest BCUT2D eigenvalue weighted by atomic mass is 16.3. The maximum absolute atomic E-state index is 12.4. The van der Waals surface area contributed by atoms with Crippen molar-refractivity contribution in [1.82, 2.24) is 5.32 Å². The summed E-state index contributed by atoms with van der Waals surface area (Å²) in [7, 11) is 0. The molecule has 2 aromatic carbocycles. The number of amides is 1. The van der Waals surface area contributed by atoms with Crippen molar-refractivity contribution >= 4 is 23.0 Å². The quantitative estimate of drug-likeness (QED) is 0.558. The van der Waals surface area contributed by atoms with Gasteiger partial charge in [0.1, 0.15) is 22.9 Å². The zero-order chi connectivity index (χ0) is 21.8. The smallest absolute Gasteiger partial charge is 0.254 e. The summed E-state index contributed by atoms with van der Waals surface area (Å²) in [5, 5.41) is 9.09. The number of nitrogens with one attached hydrogen (secondary N) is 3. The molecule has 0 spiro atoms. The SMILES string of the molecule is Cc1ccc([C@H](Nc2c(Nc3c(C)ccc4c3C(=O)NC4)c(=O)c2=O)C(C)(C)C)o1. The summed E-state index contributed by atoms with van der Waals surface area (Å²) in [6.45, 7) is 10.2. The van der Waals surface area contributed by atoms with E-state index in [1.165, 1.54) is 0 Å². The van der Waals surface area contributed by atoms with Crippen LogP contribution in [0.4, 0.5) is 17.1 Å². The van der Waals surface area contributed by atoms with Crippen molar-refractivity contribution in [3.05, 3.63) is 72.9 Å². The van der Waals surface area contributed by atoms with E-state index in [2.05, 4.69) is 16.0 Å². The molecule has 0 unspecified atom stereocenters. The zero-order valence-corrected chi connectivity index (χ0v) is 17.7. The van der Waals surface area contributed by atoms with Crippen molar-refractivity contribution in [2.45, 2.75) is 47.2 Å². The lowest BCUT2D eigenvalue weighted by Gasteiger charge is -2.31. The van der Waals surface area contributed by atoms with Crippen molar-refractivity contribution in [2.24, 2.45) is 5.41 Å². The third-order valence-corrected chi connectivity index (χ3v) is 5.53. The van der Waals surface area contributed by atoms with Gasteiger partial charge in [-0.15, -0.1) is 0 Å². The molecule has 0 saturated carbocycles. The number of fused-ring (bicyclic) bond motifs is 1. The first-order valence-corrected chi connectivity index (χ1v) is 9.92. The van der Waals surface area contributed by atoms with Crippen LogP contribution >= 0.6 is 0 Å². The van der Waals surface area contributed by atoms with Crippen LogP contribution in [0, 0.1) is 19.3 Å². The third-order valence-electron chi connectivity index (χ3n) is 5.53. The number of aryl methyl sites for hydroxylation is 2. The third kappa shape index (κ3) is 3.20. The number of hydrogen-bond acceptors (Lipinski definition) is 6. The second-order valence-electron chi connectivity index (χ2n) is 8.90. The first-order chi connectivity index (χ1) is 14.1. The maximum atomic E-state index is 12.4. The fourth-order valence-electron chi connectivity index (χ4n) is 3.82. The Morgan fingerprint density at radius 1 is 0.967 bits per heavy atom. The second-order valence-corrected chi connectivity index (χ2v) is 8.90. The molecule has 30 heavy (non-hydrogen) atoms. The Kier molecular flexibility index (Phi) is 4.56. The van der Waals surface area contributed by atoms with Crippen LogP contribution in [0.2, 0.25) is 0 Å². The Hall–Kier alpha value is -3.35. The molecule has 0 bridgehead atoms. The van der Waals surface area contributed by atoms with Crippen molar-refractivity contribution in [3.8, 4) is 0 Å². The molecule has 7 nitrogen and oxygen atoms in total. The van der Waals surface area contributed by atoms with Crippen molar-refractivity contribution in [3.63, 3.8) is 0 Å². The lowest BCUT2D eigenvalue weighted by atomic mass is 9.84. The molecule has 1 aliphatic rings. The van der Waals surface area contributed by atoms with E-state index in [0.717, 1.165) is 16.9 Å². The van der Waals surface area contributed by atoms with E-state index in [4.69, 9.17) is 4.42 Å². The Morgan fingerprint density at radius 3 is 2.30 bits per heavy atom. The van der Waals surface area contributed by atoms with Gasteiger partial charge in [0.05, 0.1) is 17.3 Å². The zero-order valence-electron chi connectivity index (χ0n) is 17.7. The molecular formula is C23H25N3O4. The van der Waals surface area contributed by atoms with Crippen molar-refractivity contribution < 1.29 is 9.21 Å². The molecule has 0 fully saturated rings. The van der Waals surface area contributed by atoms with Crippen LogP contribution in [0.15, 0.2) is 38.3 Å². The maximum Gasteiger partial charge on any atom is 0.254 e. The molecule has 1 amide bonds. The summed E-state index contributed by atoms with van der Waals surface area (Å²) >= 11 is 0. The van der Waals surface area contributed by atoms with Gasteiger partial charge in [-0.1, -0.05) is 32.9 Å². The summed E-state index contributed by atoms with van der Waals surface area (Å²) < 4.78 is 5.80. The lowest BCUT2D eigenvalue weighted by molar-refractivity contribution is 0.0966. The predicted molar refractivity (Wildman–Crippen MR) is 116 cm³/mol. The summed E-state index contributed by atoms with van der Waals surface area (Å²) in [4.78, 5) is 37.1. The molecule has 2 heterocycles. The predicted octanol–water partition coefficient (Wildman–Crippen LogP) is 3.68. The number of carbonyl (C=O) groups is 1. The highest BCUT2D eigenvalue weighted by Gasteiger charge is 2.33. The molecule has 3 aromatic rings. The Balaban J connectivity index is 1.72. The van der Waals surface area contributed by atoms with E-state index in [1.807, 2.05) is 58.9 Å². The van der Waals surface area contributed by atoms with Crippen LogP contribution in [0.1, 0.15) is 59.8 Å². The van der Waals surface area contributed by atoms with E-state index in [-0.39, 0.29) is 28.7 Å². The molecule has 0 saturated heterocycles. The molecule has 3 N–H and O–H groups in total. The van der Waals surface area contributed by atoms with Gasteiger partial charge in [0.25, 0.3) is 16.8 Å². The number of furan rings is 1. The van der Waals surface area contributed by atoms with Crippen molar-refractivity contribution in [2.75, 3.05) is 10.6 Å². The molecule has 1 aliphatic heterocycles. The molecule has 7 heteroatoms. The number of benzene rings is 1. The standard InChI is InChI=1S/C23H25N3O4/c1-11-6-8-13-10-24-22(29)15(13)16(11)25-17-18(20(28)19(17)27)26-21(23(3,4)5)14-9-7-12(2)30-14/h6-9,21,25-26H,10H2,1-5H3,(H,24,29)/t21-/m0/s1. The number of rotatable bonds is 5. The fourth-order valence-corrected chi connectivity index (χ4v) is 3.82. The summed E-state index contributed by atoms with van der Waals surface area (Å²) in [5.74, 6) is 1.27. The van der Waals surface area contributed by atoms with Crippen LogP contribution in [0.25, 0.3) is 0 Å². The van der Waals surface area contributed by atoms with E-state index >= 15 is 0 Å². The van der Waals surface area contributed by atoms with Gasteiger partial charge in [0, 0.05) is 6.54 Å². The minimum atomic E-state index is -0.601. The fraction of sp³-hybridized carbons (Fsp3) is 0.348. The first kappa shape index (κ1) is 19.9. The highest BCUT2D eigenvalue weighted by Crippen LogP contribution is 2.38. The van der Waals surface area contributed by atoms with Crippen LogP contribution < -0.4 is 26.8 Å². The summed E-state index contributed by atoms with van der Waals surface area (Å²) in [6, 6.07) is 7.20. The molecule has 4 rings (SSSR count). The summed E-state index contributed by atoms with van der Waals surface area (Å²) in [5.41, 5.74) is 1.67. The van der Waals surface area contributed by atoms with E-state index in [9.17, 15) is 14.4 Å². The van der Waals surface area contributed by atoms with Gasteiger partial charge in [0.2, 0.25) is 0 Å². The first-order valence-electron chi connectivity index (χ1n) is 9.92. The second kappa shape index (κ2) is 6.86. The van der Waals surface area contributed by atoms with Crippen LogP contribution in [0.5, 0.6) is 0 Å². The monoisotopic (exact) mass is 407 g/mol. The van der Waals surface area contributed by atoms with Crippen LogP contribution in [-0.4, -0.2) is 5.91 Å². The Labute approximate surface area is 174 Å². The lowest BCUT2D eigenvalue weighted by Crippen LogP contribution is -2.39. The van der Waals surface area contributed by atoms with Gasteiger partial charge in [-0.05, 0) is 42.5 Å². The van der Waals surface area contributed by atoms with E-state index in [1.54, 1.807) is 0 Å². The van der Waals surface area contributed by atoms with Crippen LogP contribution in [-0.2, 0) is 6.54 Å². The van der Waals surface area contributed by atoms with E-state index < -0.39 is 10.9 Å². The normalized spacial score (nSPS) is 14.5. The molecule has 1 atom stereocenters. The molecule has 156 valence electrons. The number of hydrogen-bond donors (Lipinski definition) is 3. The highest BCUT2D eigenvalue weighted by molar-refractivity contribution is 6.05. The Bertz CT molecular complexity index is 1220. The minimum Gasteiger partial charge on any atom is -0.464 e. The summed E-state index contributed by atoms with van der Waals surface area (Å²) in [6.07, 6.45) is 0. The molecule has 0 aliphatic carbocycles. The Morgan fingerprint density at radius 2 is 1.67 bits per heavy atom. The average Bonchev–Trinajstić information content (AvgIpc) is 3.27. The molecular weight excluding hydrogens is 382 g/mol. The number of anilines is 3. The van der Waals surface area contributed by atoms with Gasteiger partial charge in [-0.3, -0.25) is 14.4 Å². The van der Waals surface area contributed by atoms with Gasteiger partial charge in [-0.2, -0.15) is 0 Å². The van der Waals surface area contributed by atoms with Gasteiger partial charge in [-0.25, -0.2) is 0 Å². The van der Waals surface area contributed by atoms with Gasteiger partial charge >= 0.3 is 0 Å². The molecule has 1 aromatic heterocycles. The van der Waals surface area contributed by atoms with Gasteiger partial charge < -0.3 is 20.4 Å². The van der Waals surface area contributed by atoms with Crippen molar-refractivity contribution in [1.29, 1.82) is 0 Å². The van der Waals surface area contributed by atoms with Crippen LogP contribution in [0.3, 0.4) is 0 Å². The topological polar surface area (TPSA) is 100 Å². The molecule has 0 radical (unpaired) electrons. The van der Waals surface area contributed by atoms with Gasteiger partial charge in [0.15, 0.2) is 0 Å². The largest absolute Gasteiger partial charge is 0.464 e. The van der Waals surface area contributed by atoms with E-state index in [0.29, 0.717) is 23.6 Å². The minimum absolute atomic E-state index is 0.175. The number of carbonyl (C=O) groups excluding carboxylic acids is 1.